The van der Waals surface area contributed by atoms with Gasteiger partial charge >= 0.3 is 5.95 Å². The Labute approximate surface area is 190 Å². The molecule has 0 spiro atoms. The van der Waals surface area contributed by atoms with Crippen molar-refractivity contribution in [2.45, 2.75) is 0 Å². The lowest BCUT2D eigenvalue weighted by atomic mass is 10.0. The van der Waals surface area contributed by atoms with Gasteiger partial charge in [0, 0.05) is 42.8 Å². The Morgan fingerprint density at radius 3 is 2.30 bits per heavy atom. The van der Waals surface area contributed by atoms with E-state index < -0.39 is 0 Å². The lowest BCUT2D eigenvalue weighted by molar-refractivity contribution is -0.672. The van der Waals surface area contributed by atoms with Crippen molar-refractivity contribution < 1.29 is 9.58 Å². The number of aromatic nitrogens is 3. The normalized spacial score (nSPS) is 13.6. The molecule has 1 aliphatic heterocycles. The Morgan fingerprint density at radius 1 is 0.909 bits per heavy atom. The first-order valence-electron chi connectivity index (χ1n) is 10.6. The van der Waals surface area contributed by atoms with Gasteiger partial charge in [-0.25, -0.2) is 10.0 Å². The predicted octanol–water partition coefficient (Wildman–Crippen LogP) is 2.19. The molecule has 1 fully saturated rings. The third-order valence-corrected chi connectivity index (χ3v) is 5.73. The summed E-state index contributed by atoms with van der Waals surface area (Å²) in [6, 6.07) is 21.8. The maximum absolute atomic E-state index is 13.1. The van der Waals surface area contributed by atoms with Crippen LogP contribution in [-0.4, -0.2) is 31.3 Å². The van der Waals surface area contributed by atoms with E-state index in [1.165, 1.54) is 0 Å². The van der Waals surface area contributed by atoms with Crippen molar-refractivity contribution in [3.8, 4) is 17.2 Å². The maximum Gasteiger partial charge on any atom is 0.465 e. The van der Waals surface area contributed by atoms with Crippen LogP contribution in [0.3, 0.4) is 0 Å². The van der Waals surface area contributed by atoms with Gasteiger partial charge in [-0.1, -0.05) is 12.1 Å². The van der Waals surface area contributed by atoms with Crippen LogP contribution in [0.5, 0.6) is 0 Å². The second-order valence-electron chi connectivity index (χ2n) is 7.79. The van der Waals surface area contributed by atoms with Crippen LogP contribution in [0.15, 0.2) is 66.7 Å². The molecule has 33 heavy (non-hydrogen) atoms. The molecular formula is C24H21N7O2. The molecule has 3 aromatic carbocycles. The Bertz CT molecular complexity index is 1340. The molecule has 164 valence electrons. The van der Waals surface area contributed by atoms with Crippen LogP contribution in [0.25, 0.3) is 22.2 Å². The van der Waals surface area contributed by atoms with E-state index >= 15 is 0 Å². The molecular weight excluding hydrogens is 418 g/mol. The third-order valence-electron chi connectivity index (χ3n) is 5.73. The minimum atomic E-state index is -0.107. The van der Waals surface area contributed by atoms with Gasteiger partial charge in [0.1, 0.15) is 0 Å². The minimum Gasteiger partial charge on any atom is -0.739 e. The molecule has 5 rings (SSSR count). The lowest BCUT2D eigenvalue weighted by Gasteiger charge is -2.29. The Hall–Kier alpha value is -4.42. The molecule has 4 aromatic rings. The van der Waals surface area contributed by atoms with Gasteiger partial charge < -0.3 is 20.6 Å². The molecule has 0 radical (unpaired) electrons. The zero-order valence-corrected chi connectivity index (χ0v) is 17.7. The number of hydrogen-bond donors (Lipinski definition) is 2. The van der Waals surface area contributed by atoms with Gasteiger partial charge in [-0.3, -0.25) is 0 Å². The maximum atomic E-state index is 13.1. The second kappa shape index (κ2) is 8.61. The quantitative estimate of drug-likeness (QED) is 0.370. The Balaban J connectivity index is 1.45. The molecule has 9 nitrogen and oxygen atoms in total. The molecule has 1 saturated heterocycles. The van der Waals surface area contributed by atoms with Gasteiger partial charge in [-0.05, 0) is 59.7 Å². The molecule has 1 aromatic heterocycles. The summed E-state index contributed by atoms with van der Waals surface area (Å²) in [4.78, 5) is 2.74. The number of benzene rings is 3. The molecule has 2 heterocycles. The third kappa shape index (κ3) is 4.07. The number of piperazine rings is 1. The van der Waals surface area contributed by atoms with Crippen molar-refractivity contribution in [1.82, 2.24) is 10.4 Å². The van der Waals surface area contributed by atoms with Crippen LogP contribution in [0.1, 0.15) is 5.56 Å². The number of fused-ring (bicyclic) bond motifs is 1. The first-order valence-corrected chi connectivity index (χ1v) is 10.6. The summed E-state index contributed by atoms with van der Waals surface area (Å²) in [6.45, 7) is 3.78. The van der Waals surface area contributed by atoms with Crippen LogP contribution >= 0.6 is 0 Å². The molecule has 1 aliphatic rings. The van der Waals surface area contributed by atoms with E-state index in [2.05, 4.69) is 26.7 Å². The number of nitrogens with one attached hydrogen (secondary N) is 2. The fourth-order valence-corrected chi connectivity index (χ4v) is 3.94. The smallest absolute Gasteiger partial charge is 0.465 e. The highest BCUT2D eigenvalue weighted by atomic mass is 16.5. The van der Waals surface area contributed by atoms with E-state index in [0.717, 1.165) is 43.0 Å². The van der Waals surface area contributed by atoms with Crippen molar-refractivity contribution in [3.63, 3.8) is 0 Å². The summed E-state index contributed by atoms with van der Waals surface area (Å²) in [5.74, 6) is -0.107. The van der Waals surface area contributed by atoms with Crippen molar-refractivity contribution >= 4 is 28.4 Å². The molecule has 0 atom stereocenters. The van der Waals surface area contributed by atoms with E-state index in [-0.39, 0.29) is 17.0 Å². The topological polar surface area (TPSA) is 118 Å². The molecule has 0 amide bonds. The van der Waals surface area contributed by atoms with Crippen molar-refractivity contribution in [2.24, 2.45) is 0 Å². The zero-order chi connectivity index (χ0) is 22.8. The fraction of sp³-hybridized carbons (Fsp3) is 0.167. The molecule has 0 bridgehead atoms. The van der Waals surface area contributed by atoms with Crippen LogP contribution in [0, 0.1) is 21.7 Å². The summed E-state index contributed by atoms with van der Waals surface area (Å²) < 4.78 is 0.626. The zero-order valence-electron chi connectivity index (χ0n) is 17.7. The van der Waals surface area contributed by atoms with E-state index in [4.69, 9.17) is 5.26 Å². The number of nitrogens with zero attached hydrogens (tertiary/aromatic N) is 5. The lowest BCUT2D eigenvalue weighted by Crippen LogP contribution is -2.43. The molecule has 0 saturated carbocycles. The van der Waals surface area contributed by atoms with Gasteiger partial charge in [-0.2, -0.15) is 5.26 Å². The number of nitriles is 1. The van der Waals surface area contributed by atoms with Gasteiger partial charge in [0.2, 0.25) is 5.10 Å². The van der Waals surface area contributed by atoms with E-state index in [1.807, 2.05) is 24.3 Å². The summed E-state index contributed by atoms with van der Waals surface area (Å²) in [6.07, 6.45) is 0. The van der Waals surface area contributed by atoms with Crippen molar-refractivity contribution in [1.29, 1.82) is 5.26 Å². The minimum absolute atomic E-state index is 0.107. The summed E-state index contributed by atoms with van der Waals surface area (Å²) >= 11 is 0. The monoisotopic (exact) mass is 439 g/mol. The number of anilines is 3. The first-order chi connectivity index (χ1) is 16.1. The standard InChI is InChI=1S/C24H21N7O2/c25-16-17-1-3-18(4-2-17)19-5-10-22-23(15-19)30(32)24(28-31(22)33)27-20-6-8-21(9-7-20)29-13-11-26-12-14-29/h1-10,15,26H,11-14H2,(H,27,28). The summed E-state index contributed by atoms with van der Waals surface area (Å²) in [5, 5.41) is 44.7. The van der Waals surface area contributed by atoms with Crippen molar-refractivity contribution in [2.75, 3.05) is 36.4 Å². The first kappa shape index (κ1) is 20.5. The second-order valence-corrected chi connectivity index (χ2v) is 7.79. The predicted molar refractivity (Wildman–Crippen MR) is 125 cm³/mol. The van der Waals surface area contributed by atoms with Gasteiger partial charge in [0.15, 0.2) is 5.52 Å². The number of hydrogen-bond acceptors (Lipinski definition) is 7. The largest absolute Gasteiger partial charge is 0.739 e. The molecule has 0 aliphatic carbocycles. The average Bonchev–Trinajstić information content (AvgIpc) is 2.88. The summed E-state index contributed by atoms with van der Waals surface area (Å²) in [5.41, 5.74) is 4.28. The molecule has 0 unspecified atom stereocenters. The fourth-order valence-electron chi connectivity index (χ4n) is 3.94. The molecule has 2 N–H and O–H groups in total. The van der Waals surface area contributed by atoms with Crippen LogP contribution in [0.4, 0.5) is 17.3 Å². The van der Waals surface area contributed by atoms with Crippen molar-refractivity contribution in [3.05, 3.63) is 82.7 Å². The highest BCUT2D eigenvalue weighted by Gasteiger charge is 2.21. The van der Waals surface area contributed by atoms with Gasteiger partial charge in [-0.15, -0.1) is 0 Å². The van der Waals surface area contributed by atoms with Crippen LogP contribution in [-0.2, 0) is 0 Å². The van der Waals surface area contributed by atoms with Crippen LogP contribution in [0.2, 0.25) is 0 Å². The van der Waals surface area contributed by atoms with E-state index in [1.54, 1.807) is 42.5 Å². The Kier molecular flexibility index (Phi) is 5.34. The molecule has 9 heteroatoms. The van der Waals surface area contributed by atoms with Crippen LogP contribution < -0.4 is 25.1 Å². The van der Waals surface area contributed by atoms with E-state index in [9.17, 15) is 10.4 Å². The Morgan fingerprint density at radius 2 is 1.61 bits per heavy atom. The highest BCUT2D eigenvalue weighted by molar-refractivity contribution is 5.78. The highest BCUT2D eigenvalue weighted by Crippen LogP contribution is 2.24. The SMILES string of the molecule is N#Cc1ccc(-c2ccc3c(c2)[n+]([O-])c(Nc2ccc(N4CCNCC4)cc2)n[n+]3[O-])cc1. The summed E-state index contributed by atoms with van der Waals surface area (Å²) in [7, 11) is 0. The van der Waals surface area contributed by atoms with E-state index in [0.29, 0.717) is 20.8 Å². The number of rotatable bonds is 4. The average molecular weight is 439 g/mol. The van der Waals surface area contributed by atoms with Gasteiger partial charge in [0.05, 0.1) is 17.3 Å². The van der Waals surface area contributed by atoms with Gasteiger partial charge in [0.25, 0.3) is 5.52 Å².